The molecule has 0 fully saturated rings. The van der Waals surface area contributed by atoms with Crippen molar-refractivity contribution >= 4 is 52.0 Å². The predicted molar refractivity (Wildman–Crippen MR) is 129 cm³/mol. The van der Waals surface area contributed by atoms with Crippen LogP contribution in [0.3, 0.4) is 0 Å². The van der Waals surface area contributed by atoms with Crippen molar-refractivity contribution in [2.45, 2.75) is 13.8 Å². The summed E-state index contributed by atoms with van der Waals surface area (Å²) in [6.07, 6.45) is 0. The van der Waals surface area contributed by atoms with E-state index in [2.05, 4.69) is 98.8 Å². The molecule has 4 aromatic rings. The minimum atomic E-state index is -2.45. The molecule has 0 N–H and O–H groups in total. The van der Waals surface area contributed by atoms with Crippen molar-refractivity contribution in [1.29, 1.82) is 0 Å². The molecule has 0 saturated carbocycles. The number of benzene rings is 4. The van der Waals surface area contributed by atoms with Gasteiger partial charge in [0, 0.05) is 10.0 Å². The Balaban J connectivity index is 2.01. The molecule has 0 unspecified atom stereocenters. The summed E-state index contributed by atoms with van der Waals surface area (Å²) < 4.78 is 0. The second-order valence-corrected chi connectivity index (χ2v) is 12.3. The number of halogens is 2. The lowest BCUT2D eigenvalue weighted by Crippen LogP contribution is -2.72. The molecule has 1 aliphatic heterocycles. The summed E-state index contributed by atoms with van der Waals surface area (Å²) in [5.41, 5.74) is 4.67. The molecule has 3 heteroatoms. The predicted octanol–water partition coefficient (Wildman–Crippen LogP) is 4.97. The smallest absolute Gasteiger partial charge is 0.0840 e. The van der Waals surface area contributed by atoms with Gasteiger partial charge >= 0.3 is 0 Å². The van der Waals surface area contributed by atoms with Crippen LogP contribution >= 0.6 is 23.2 Å². The highest BCUT2D eigenvalue weighted by molar-refractivity contribution is 7.22. The van der Waals surface area contributed by atoms with Gasteiger partial charge in [-0.2, -0.15) is 0 Å². The van der Waals surface area contributed by atoms with E-state index in [-0.39, 0.29) is 0 Å². The summed E-state index contributed by atoms with van der Waals surface area (Å²) >= 11 is 13.2. The fourth-order valence-corrected chi connectivity index (χ4v) is 10.4. The topological polar surface area (TPSA) is 0 Å². The molecule has 142 valence electrons. The van der Waals surface area contributed by atoms with Gasteiger partial charge in [0.1, 0.15) is 0 Å². The largest absolute Gasteiger partial charge is 0.180 e. The van der Waals surface area contributed by atoms with Gasteiger partial charge in [0.2, 0.25) is 0 Å². The average molecular weight is 431 g/mol. The number of hydrogen-bond donors (Lipinski definition) is 0. The maximum atomic E-state index is 6.60. The van der Waals surface area contributed by atoms with Crippen LogP contribution in [-0.2, 0) is 0 Å². The van der Waals surface area contributed by atoms with Crippen LogP contribution in [0.4, 0.5) is 0 Å². The standard InChI is InChI=1S/C26H20Cl2Si/c1-17-13-25-21(15-23(17)27)22-16-24(28)18(2)14-26(22)29(25,19-9-5-3-6-10-19)20-11-7-4-8-12-20/h3-16H,1-2H3. The molecule has 0 spiro atoms. The van der Waals surface area contributed by atoms with E-state index < -0.39 is 8.07 Å². The van der Waals surface area contributed by atoms with Gasteiger partial charge in [-0.1, -0.05) is 96.0 Å². The summed E-state index contributed by atoms with van der Waals surface area (Å²) in [5.74, 6) is 0. The first kappa shape index (κ1) is 18.7. The minimum Gasteiger partial charge on any atom is -0.0840 e. The maximum absolute atomic E-state index is 6.60. The lowest BCUT2D eigenvalue weighted by molar-refractivity contribution is 1.48. The quantitative estimate of drug-likeness (QED) is 0.347. The first-order valence-corrected chi connectivity index (χ1v) is 12.5. The molecule has 0 nitrogen and oxygen atoms in total. The normalized spacial score (nSPS) is 13.8. The lowest BCUT2D eigenvalue weighted by atomic mass is 10.0. The van der Waals surface area contributed by atoms with Crippen molar-refractivity contribution in [3.8, 4) is 11.1 Å². The Bertz CT molecular complexity index is 1130. The van der Waals surface area contributed by atoms with Crippen molar-refractivity contribution in [1.82, 2.24) is 0 Å². The third-order valence-electron chi connectivity index (χ3n) is 6.11. The van der Waals surface area contributed by atoms with Gasteiger partial charge in [0.15, 0.2) is 8.07 Å². The zero-order valence-corrected chi connectivity index (χ0v) is 18.9. The molecule has 29 heavy (non-hydrogen) atoms. The Labute approximate surface area is 182 Å². The third-order valence-corrected chi connectivity index (χ3v) is 11.8. The van der Waals surface area contributed by atoms with Crippen LogP contribution in [0.25, 0.3) is 11.1 Å². The molecule has 1 heterocycles. The molecule has 0 aromatic heterocycles. The van der Waals surface area contributed by atoms with Crippen LogP contribution in [0.1, 0.15) is 11.1 Å². The van der Waals surface area contributed by atoms with E-state index in [1.165, 1.54) is 31.9 Å². The second kappa shape index (κ2) is 6.88. The van der Waals surface area contributed by atoms with Gasteiger partial charge in [0.05, 0.1) is 0 Å². The fourth-order valence-electron chi connectivity index (χ4n) is 4.74. The van der Waals surface area contributed by atoms with Crippen LogP contribution in [0, 0.1) is 13.8 Å². The highest BCUT2D eigenvalue weighted by atomic mass is 35.5. The Morgan fingerprint density at radius 2 is 0.931 bits per heavy atom. The number of fused-ring (bicyclic) bond motifs is 3. The van der Waals surface area contributed by atoms with Crippen LogP contribution in [0.15, 0.2) is 84.9 Å². The monoisotopic (exact) mass is 430 g/mol. The highest BCUT2D eigenvalue weighted by Gasteiger charge is 2.49. The van der Waals surface area contributed by atoms with Gasteiger partial charge < -0.3 is 0 Å². The Kier molecular flexibility index (Phi) is 4.43. The molecule has 0 saturated heterocycles. The van der Waals surface area contributed by atoms with Crippen LogP contribution in [-0.4, -0.2) is 8.07 Å². The van der Waals surface area contributed by atoms with Gasteiger partial charge in [-0.15, -0.1) is 0 Å². The van der Waals surface area contributed by atoms with Crippen LogP contribution in [0.2, 0.25) is 10.0 Å². The van der Waals surface area contributed by atoms with Gasteiger partial charge in [-0.05, 0) is 69.0 Å². The first-order valence-electron chi connectivity index (χ1n) is 9.76. The van der Waals surface area contributed by atoms with Gasteiger partial charge in [-0.3, -0.25) is 0 Å². The minimum absolute atomic E-state index is 0.803. The molecular formula is C26H20Cl2Si. The second-order valence-electron chi connectivity index (χ2n) is 7.78. The fraction of sp³-hybridized carbons (Fsp3) is 0.0769. The lowest BCUT2D eigenvalue weighted by Gasteiger charge is -2.31. The van der Waals surface area contributed by atoms with Crippen LogP contribution < -0.4 is 20.7 Å². The molecule has 5 rings (SSSR count). The van der Waals surface area contributed by atoms with Crippen molar-refractivity contribution in [2.24, 2.45) is 0 Å². The average Bonchev–Trinajstić information content (AvgIpc) is 2.99. The zero-order valence-electron chi connectivity index (χ0n) is 16.3. The summed E-state index contributed by atoms with van der Waals surface area (Å²) in [7, 11) is -2.45. The van der Waals surface area contributed by atoms with E-state index in [1.807, 2.05) is 0 Å². The van der Waals surface area contributed by atoms with Crippen molar-refractivity contribution in [2.75, 3.05) is 0 Å². The molecule has 1 aliphatic rings. The molecule has 0 atom stereocenters. The molecule has 4 aromatic carbocycles. The maximum Gasteiger partial charge on any atom is 0.180 e. The Morgan fingerprint density at radius 3 is 1.31 bits per heavy atom. The van der Waals surface area contributed by atoms with Gasteiger partial charge in [0.25, 0.3) is 0 Å². The Hall–Kier alpha value is -2.32. The summed E-state index contributed by atoms with van der Waals surface area (Å²) in [5, 5.41) is 7.17. The molecule has 0 radical (unpaired) electrons. The SMILES string of the molecule is Cc1cc2c(cc1Cl)-c1cc(Cl)c(C)cc1[Si]2(c1ccccc1)c1ccccc1. The number of rotatable bonds is 2. The summed E-state index contributed by atoms with van der Waals surface area (Å²) in [6, 6.07) is 30.8. The van der Waals surface area contributed by atoms with E-state index in [4.69, 9.17) is 23.2 Å². The third kappa shape index (κ3) is 2.65. The van der Waals surface area contributed by atoms with E-state index in [9.17, 15) is 0 Å². The molecule has 0 bridgehead atoms. The van der Waals surface area contributed by atoms with E-state index in [0.29, 0.717) is 0 Å². The van der Waals surface area contributed by atoms with Crippen molar-refractivity contribution in [3.05, 3.63) is 106 Å². The molecule has 0 aliphatic carbocycles. The number of hydrogen-bond acceptors (Lipinski definition) is 0. The highest BCUT2D eigenvalue weighted by Crippen LogP contribution is 2.34. The van der Waals surface area contributed by atoms with Crippen molar-refractivity contribution in [3.63, 3.8) is 0 Å². The number of aryl methyl sites for hydroxylation is 2. The molecule has 0 amide bonds. The van der Waals surface area contributed by atoms with E-state index in [0.717, 1.165) is 21.2 Å². The van der Waals surface area contributed by atoms with Gasteiger partial charge in [-0.25, -0.2) is 0 Å². The van der Waals surface area contributed by atoms with Crippen molar-refractivity contribution < 1.29 is 0 Å². The summed E-state index contributed by atoms with van der Waals surface area (Å²) in [6.45, 7) is 4.19. The molecular weight excluding hydrogens is 411 g/mol. The summed E-state index contributed by atoms with van der Waals surface area (Å²) in [4.78, 5) is 0. The zero-order chi connectivity index (χ0) is 20.2. The van der Waals surface area contributed by atoms with E-state index in [1.54, 1.807) is 0 Å². The Morgan fingerprint density at radius 1 is 0.552 bits per heavy atom. The van der Waals surface area contributed by atoms with Crippen LogP contribution in [0.5, 0.6) is 0 Å². The van der Waals surface area contributed by atoms with E-state index >= 15 is 0 Å². The first-order chi connectivity index (χ1) is 14.0.